The predicted molar refractivity (Wildman–Crippen MR) is 60.8 cm³/mol. The highest BCUT2D eigenvalue weighted by molar-refractivity contribution is 7.13. The van der Waals surface area contributed by atoms with E-state index in [1.165, 1.54) is 15.5 Å². The van der Waals surface area contributed by atoms with Crippen LogP contribution in [0.5, 0.6) is 0 Å². The topological polar surface area (TPSA) is 60.7 Å². The minimum Gasteiger partial charge on any atom is -0.267 e. The van der Waals surface area contributed by atoms with Crippen LogP contribution in [0.25, 0.3) is 16.2 Å². The van der Waals surface area contributed by atoms with Crippen LogP contribution in [0.2, 0.25) is 0 Å². The molecule has 0 bridgehead atoms. The van der Waals surface area contributed by atoms with Crippen molar-refractivity contribution in [1.82, 2.24) is 18.9 Å². The Bertz CT molecular complexity index is 689. The molecule has 0 aliphatic rings. The number of hydrogen-bond acceptors (Lipinski definition) is 5. The van der Waals surface area contributed by atoms with Gasteiger partial charge in [0, 0.05) is 18.6 Å². The van der Waals surface area contributed by atoms with Crippen LogP contribution in [0.4, 0.5) is 0 Å². The van der Waals surface area contributed by atoms with E-state index in [-0.39, 0.29) is 5.56 Å². The average molecular weight is 230 g/mol. The maximum absolute atomic E-state index is 12.0. The van der Waals surface area contributed by atoms with Crippen LogP contribution in [0.15, 0.2) is 41.6 Å². The Morgan fingerprint density at radius 2 is 1.81 bits per heavy atom. The quantitative estimate of drug-likeness (QED) is 0.631. The van der Waals surface area contributed by atoms with Crippen molar-refractivity contribution in [3.8, 4) is 5.95 Å². The number of fused-ring (bicyclic) bond motifs is 1. The van der Waals surface area contributed by atoms with E-state index in [2.05, 4.69) is 15.0 Å². The zero-order valence-corrected chi connectivity index (χ0v) is 8.89. The second kappa shape index (κ2) is 3.49. The molecule has 0 aliphatic carbocycles. The van der Waals surface area contributed by atoms with Crippen LogP contribution >= 0.6 is 11.5 Å². The zero-order valence-electron chi connectivity index (χ0n) is 8.07. The molecular formula is C10H6N4OS. The number of hydrogen-bond donors (Lipinski definition) is 0. The number of nitrogens with zero attached hydrogens (tertiary/aromatic N) is 4. The highest BCUT2D eigenvalue weighted by Gasteiger charge is 2.10. The van der Waals surface area contributed by atoms with Crippen molar-refractivity contribution >= 4 is 21.7 Å². The fourth-order valence-corrected chi connectivity index (χ4v) is 2.28. The molecular weight excluding hydrogens is 224 g/mol. The van der Waals surface area contributed by atoms with Gasteiger partial charge in [-0.1, -0.05) is 0 Å². The molecule has 6 heteroatoms. The van der Waals surface area contributed by atoms with Crippen LogP contribution in [0.3, 0.4) is 0 Å². The molecule has 3 aromatic heterocycles. The molecule has 0 atom stereocenters. The maximum Gasteiger partial charge on any atom is 0.277 e. The van der Waals surface area contributed by atoms with Crippen molar-refractivity contribution in [2.24, 2.45) is 0 Å². The lowest BCUT2D eigenvalue weighted by molar-refractivity contribution is 0.974. The monoisotopic (exact) mass is 230 g/mol. The SMILES string of the molecule is O=c1c2cccnc2sn1-c1ncccn1. The first-order valence-corrected chi connectivity index (χ1v) is 5.38. The third-order valence-electron chi connectivity index (χ3n) is 2.10. The minimum absolute atomic E-state index is 0.126. The Kier molecular flexibility index (Phi) is 2.00. The van der Waals surface area contributed by atoms with Gasteiger partial charge in [0.15, 0.2) is 0 Å². The molecule has 3 heterocycles. The fourth-order valence-electron chi connectivity index (χ4n) is 1.39. The maximum atomic E-state index is 12.0. The van der Waals surface area contributed by atoms with Gasteiger partial charge in [-0.05, 0) is 29.7 Å². The highest BCUT2D eigenvalue weighted by atomic mass is 32.1. The van der Waals surface area contributed by atoms with Gasteiger partial charge in [0.25, 0.3) is 5.56 Å². The van der Waals surface area contributed by atoms with E-state index in [0.717, 1.165) is 0 Å². The molecule has 0 aliphatic heterocycles. The lowest BCUT2D eigenvalue weighted by atomic mass is 10.4. The van der Waals surface area contributed by atoms with Crippen LogP contribution in [-0.2, 0) is 0 Å². The summed E-state index contributed by atoms with van der Waals surface area (Å²) < 4.78 is 1.44. The molecule has 78 valence electrons. The summed E-state index contributed by atoms with van der Waals surface area (Å²) in [5.41, 5.74) is -0.126. The number of rotatable bonds is 1. The molecule has 0 aromatic carbocycles. The summed E-state index contributed by atoms with van der Waals surface area (Å²) in [6, 6.07) is 5.20. The van der Waals surface area contributed by atoms with Gasteiger partial charge in [-0.25, -0.2) is 15.0 Å². The Morgan fingerprint density at radius 3 is 2.56 bits per heavy atom. The van der Waals surface area contributed by atoms with E-state index >= 15 is 0 Å². The van der Waals surface area contributed by atoms with Crippen molar-refractivity contribution < 1.29 is 0 Å². The second-order valence-corrected chi connectivity index (χ2v) is 4.03. The molecule has 0 amide bonds. The molecule has 0 N–H and O–H groups in total. The van der Waals surface area contributed by atoms with Gasteiger partial charge in [-0.3, -0.25) is 4.79 Å². The van der Waals surface area contributed by atoms with E-state index in [0.29, 0.717) is 16.2 Å². The van der Waals surface area contributed by atoms with E-state index < -0.39 is 0 Å². The van der Waals surface area contributed by atoms with Crippen molar-refractivity contribution in [1.29, 1.82) is 0 Å². The smallest absolute Gasteiger partial charge is 0.267 e. The first-order valence-electron chi connectivity index (χ1n) is 4.61. The van der Waals surface area contributed by atoms with Crippen LogP contribution < -0.4 is 5.56 Å². The Morgan fingerprint density at radius 1 is 1.06 bits per heavy atom. The van der Waals surface area contributed by atoms with E-state index in [4.69, 9.17) is 0 Å². The molecule has 0 unspecified atom stereocenters. The molecule has 0 spiro atoms. The van der Waals surface area contributed by atoms with E-state index in [9.17, 15) is 4.79 Å². The highest BCUT2D eigenvalue weighted by Crippen LogP contribution is 2.14. The first-order chi connectivity index (χ1) is 7.86. The van der Waals surface area contributed by atoms with Crippen LogP contribution in [0.1, 0.15) is 0 Å². The standard InChI is InChI=1S/C10H6N4OS/c15-9-7-3-1-4-11-8(7)16-14(9)10-12-5-2-6-13-10/h1-6H. The largest absolute Gasteiger partial charge is 0.277 e. The summed E-state index contributed by atoms with van der Waals surface area (Å²) in [6.07, 6.45) is 4.87. The van der Waals surface area contributed by atoms with Gasteiger partial charge in [0.05, 0.1) is 5.39 Å². The van der Waals surface area contributed by atoms with Gasteiger partial charge in [-0.15, -0.1) is 0 Å². The van der Waals surface area contributed by atoms with E-state index in [1.54, 1.807) is 36.8 Å². The molecule has 5 nitrogen and oxygen atoms in total. The second-order valence-electron chi connectivity index (χ2n) is 3.10. The van der Waals surface area contributed by atoms with Crippen LogP contribution in [0, 0.1) is 0 Å². The summed E-state index contributed by atoms with van der Waals surface area (Å²) in [6.45, 7) is 0. The average Bonchev–Trinajstić information content (AvgIpc) is 2.69. The van der Waals surface area contributed by atoms with Gasteiger partial charge in [0.1, 0.15) is 4.83 Å². The van der Waals surface area contributed by atoms with Crippen molar-refractivity contribution in [2.45, 2.75) is 0 Å². The molecule has 16 heavy (non-hydrogen) atoms. The Hall–Kier alpha value is -2.08. The van der Waals surface area contributed by atoms with Crippen molar-refractivity contribution in [2.75, 3.05) is 0 Å². The summed E-state index contributed by atoms with van der Waals surface area (Å²) in [4.78, 5) is 24.9. The third-order valence-corrected chi connectivity index (χ3v) is 3.11. The number of pyridine rings is 1. The van der Waals surface area contributed by atoms with Gasteiger partial charge >= 0.3 is 0 Å². The van der Waals surface area contributed by atoms with Crippen molar-refractivity contribution in [3.05, 3.63) is 47.1 Å². The van der Waals surface area contributed by atoms with E-state index in [1.807, 2.05) is 0 Å². The normalized spacial score (nSPS) is 10.8. The fraction of sp³-hybridized carbons (Fsp3) is 0. The minimum atomic E-state index is -0.126. The van der Waals surface area contributed by atoms with Gasteiger partial charge < -0.3 is 0 Å². The summed E-state index contributed by atoms with van der Waals surface area (Å²) in [5, 5.41) is 0.597. The Balaban J connectivity index is 2.34. The summed E-state index contributed by atoms with van der Waals surface area (Å²) >= 11 is 1.25. The molecule has 3 rings (SSSR count). The summed E-state index contributed by atoms with van der Waals surface area (Å²) in [7, 11) is 0. The number of aromatic nitrogens is 4. The predicted octanol–water partition coefficient (Wildman–Crippen LogP) is 1.24. The lowest BCUT2D eigenvalue weighted by Gasteiger charge is -1.94. The molecule has 0 radical (unpaired) electrons. The molecule has 0 saturated carbocycles. The summed E-state index contributed by atoms with van der Waals surface area (Å²) in [5.74, 6) is 0.385. The lowest BCUT2D eigenvalue weighted by Crippen LogP contribution is -2.13. The third kappa shape index (κ3) is 1.31. The zero-order chi connectivity index (χ0) is 11.0. The van der Waals surface area contributed by atoms with Crippen LogP contribution in [-0.4, -0.2) is 18.9 Å². The van der Waals surface area contributed by atoms with Gasteiger partial charge in [0.2, 0.25) is 5.95 Å². The van der Waals surface area contributed by atoms with Crippen molar-refractivity contribution in [3.63, 3.8) is 0 Å². The first kappa shape index (κ1) is 9.17. The molecule has 0 fully saturated rings. The molecule has 3 aromatic rings. The Labute approximate surface area is 94.2 Å². The van der Waals surface area contributed by atoms with Gasteiger partial charge in [-0.2, -0.15) is 3.96 Å². The molecule has 0 saturated heterocycles.